The van der Waals surface area contributed by atoms with E-state index >= 15 is 0 Å². The maximum absolute atomic E-state index is 13.0. The molecule has 0 amide bonds. The van der Waals surface area contributed by atoms with Crippen molar-refractivity contribution in [3.05, 3.63) is 66.0 Å². The Labute approximate surface area is 136 Å². The van der Waals surface area contributed by atoms with E-state index in [9.17, 15) is 9.18 Å². The normalized spacial score (nSPS) is 17.1. The van der Waals surface area contributed by atoms with Crippen molar-refractivity contribution in [1.82, 2.24) is 14.8 Å². The molecule has 4 rings (SSSR count). The van der Waals surface area contributed by atoms with E-state index in [1.165, 1.54) is 28.6 Å². The van der Waals surface area contributed by atoms with Crippen LogP contribution in [0.15, 0.2) is 59.8 Å². The molecule has 6 heteroatoms. The molecular weight excluding hydrogens is 313 g/mol. The highest BCUT2D eigenvalue weighted by Crippen LogP contribution is 2.41. The predicted octanol–water partition coefficient (Wildman–Crippen LogP) is 3.96. The fourth-order valence-corrected chi connectivity index (χ4v) is 3.68. The lowest BCUT2D eigenvalue weighted by atomic mass is 10.1. The smallest absolute Gasteiger partial charge is 0.250 e. The van der Waals surface area contributed by atoms with Gasteiger partial charge in [0.05, 0.1) is 0 Å². The molecule has 2 heterocycles. The first-order valence-corrected chi connectivity index (χ1v) is 8.06. The lowest BCUT2D eigenvalue weighted by Gasteiger charge is -2.20. The van der Waals surface area contributed by atoms with Gasteiger partial charge in [-0.25, -0.2) is 9.37 Å². The summed E-state index contributed by atoms with van der Waals surface area (Å²) in [7, 11) is 0. The highest BCUT2D eigenvalue weighted by Gasteiger charge is 2.30. The molecule has 1 aliphatic heterocycles. The van der Waals surface area contributed by atoms with Crippen LogP contribution in [-0.4, -0.2) is 20.7 Å². The van der Waals surface area contributed by atoms with Gasteiger partial charge < -0.3 is 0 Å². The first-order chi connectivity index (χ1) is 11.2. The van der Waals surface area contributed by atoms with Crippen LogP contribution < -0.4 is 0 Å². The number of hydrogen-bond donors (Lipinski definition) is 0. The highest BCUT2D eigenvalue weighted by atomic mass is 32.2. The maximum Gasteiger partial charge on any atom is 0.250 e. The van der Waals surface area contributed by atoms with Crippen LogP contribution in [-0.2, 0) is 0 Å². The van der Waals surface area contributed by atoms with E-state index in [0.717, 1.165) is 5.56 Å². The summed E-state index contributed by atoms with van der Waals surface area (Å²) in [5.74, 6) is 0.0512. The largest absolute Gasteiger partial charge is 0.272 e. The molecule has 2 aromatic carbocycles. The molecule has 0 unspecified atom stereocenters. The van der Waals surface area contributed by atoms with Gasteiger partial charge in [-0.15, -0.1) is 5.10 Å². The van der Waals surface area contributed by atoms with Gasteiger partial charge in [0.25, 0.3) is 5.91 Å². The van der Waals surface area contributed by atoms with Crippen molar-refractivity contribution in [3.8, 4) is 11.4 Å². The Morgan fingerprint density at radius 3 is 2.57 bits per heavy atom. The van der Waals surface area contributed by atoms with Crippen molar-refractivity contribution in [2.24, 2.45) is 0 Å². The number of carbonyl (C=O) groups is 1. The Hall–Kier alpha value is -2.47. The minimum absolute atomic E-state index is 0.0430. The fourth-order valence-electron chi connectivity index (χ4n) is 2.53. The van der Waals surface area contributed by atoms with Crippen LogP contribution in [0, 0.1) is 5.82 Å². The molecule has 1 aromatic heterocycles. The van der Waals surface area contributed by atoms with Gasteiger partial charge in [0.15, 0.2) is 11.0 Å². The molecule has 114 valence electrons. The first kappa shape index (κ1) is 14.1. The monoisotopic (exact) mass is 325 g/mol. The van der Waals surface area contributed by atoms with Gasteiger partial charge in [-0.3, -0.25) is 4.79 Å². The van der Waals surface area contributed by atoms with Crippen molar-refractivity contribution in [2.75, 3.05) is 0 Å². The van der Waals surface area contributed by atoms with Crippen LogP contribution in [0.25, 0.3) is 11.4 Å². The van der Waals surface area contributed by atoms with Crippen molar-refractivity contribution < 1.29 is 9.18 Å². The predicted molar refractivity (Wildman–Crippen MR) is 85.7 cm³/mol. The summed E-state index contributed by atoms with van der Waals surface area (Å²) in [5.41, 5.74) is 1.79. The van der Waals surface area contributed by atoms with Crippen LogP contribution >= 0.6 is 11.8 Å². The topological polar surface area (TPSA) is 47.8 Å². The number of thioether (sulfide) groups is 1. The molecule has 0 saturated heterocycles. The summed E-state index contributed by atoms with van der Waals surface area (Å²) in [6.07, 6.45) is 0.383. The average molecular weight is 325 g/mol. The molecule has 0 N–H and O–H groups in total. The lowest BCUT2D eigenvalue weighted by molar-refractivity contribution is 0.0868. The van der Waals surface area contributed by atoms with E-state index in [2.05, 4.69) is 10.1 Å². The second kappa shape index (κ2) is 5.62. The quantitative estimate of drug-likeness (QED) is 0.715. The van der Waals surface area contributed by atoms with E-state index in [1.54, 1.807) is 12.1 Å². The van der Waals surface area contributed by atoms with Gasteiger partial charge in [0.2, 0.25) is 0 Å². The molecule has 4 nitrogen and oxygen atoms in total. The molecule has 0 spiro atoms. The van der Waals surface area contributed by atoms with Crippen molar-refractivity contribution in [3.63, 3.8) is 0 Å². The summed E-state index contributed by atoms with van der Waals surface area (Å²) in [5, 5.41) is 4.89. The second-order valence-corrected chi connectivity index (χ2v) is 6.42. The van der Waals surface area contributed by atoms with Gasteiger partial charge in [-0.05, 0) is 29.8 Å². The number of hydrogen-bond acceptors (Lipinski definition) is 4. The Balaban J connectivity index is 1.68. The number of carbonyl (C=O) groups excluding carboxylic acids is 1. The summed E-state index contributed by atoms with van der Waals surface area (Å²) in [6, 6.07) is 15.8. The average Bonchev–Trinajstić information content (AvgIpc) is 3.01. The zero-order chi connectivity index (χ0) is 15.8. The molecule has 1 aliphatic rings. The maximum atomic E-state index is 13.0. The van der Waals surface area contributed by atoms with Crippen LogP contribution in [0.1, 0.15) is 22.0 Å². The number of fused-ring (bicyclic) bond motifs is 1. The van der Waals surface area contributed by atoms with E-state index in [1.807, 2.05) is 30.3 Å². The lowest BCUT2D eigenvalue weighted by Crippen LogP contribution is -2.20. The van der Waals surface area contributed by atoms with E-state index < -0.39 is 0 Å². The summed E-state index contributed by atoms with van der Waals surface area (Å²) in [6.45, 7) is 0. The van der Waals surface area contributed by atoms with E-state index in [0.29, 0.717) is 23.0 Å². The van der Waals surface area contributed by atoms with Gasteiger partial charge >= 0.3 is 0 Å². The molecular formula is C17H12FN3OS. The van der Waals surface area contributed by atoms with Gasteiger partial charge in [-0.1, -0.05) is 42.1 Å². The van der Waals surface area contributed by atoms with Crippen LogP contribution in [0.5, 0.6) is 0 Å². The minimum Gasteiger partial charge on any atom is -0.272 e. The van der Waals surface area contributed by atoms with Gasteiger partial charge in [-0.2, -0.15) is 4.68 Å². The van der Waals surface area contributed by atoms with Gasteiger partial charge in [0.1, 0.15) is 5.82 Å². The number of halogens is 1. The zero-order valence-electron chi connectivity index (χ0n) is 12.0. The van der Waals surface area contributed by atoms with E-state index in [-0.39, 0.29) is 17.0 Å². The zero-order valence-corrected chi connectivity index (χ0v) is 12.8. The van der Waals surface area contributed by atoms with Crippen LogP contribution in [0.4, 0.5) is 4.39 Å². The Kier molecular flexibility index (Phi) is 3.46. The summed E-state index contributed by atoms with van der Waals surface area (Å²) < 4.78 is 14.4. The number of nitrogens with zero attached hydrogens (tertiary/aromatic N) is 3. The molecule has 0 radical (unpaired) electrons. The van der Waals surface area contributed by atoms with E-state index in [4.69, 9.17) is 0 Å². The first-order valence-electron chi connectivity index (χ1n) is 7.18. The number of benzene rings is 2. The molecule has 0 aliphatic carbocycles. The Morgan fingerprint density at radius 2 is 1.83 bits per heavy atom. The molecule has 0 bridgehead atoms. The van der Waals surface area contributed by atoms with Crippen LogP contribution in [0.2, 0.25) is 0 Å². The third kappa shape index (κ3) is 2.66. The van der Waals surface area contributed by atoms with Crippen LogP contribution in [0.3, 0.4) is 0 Å². The molecule has 23 heavy (non-hydrogen) atoms. The third-order valence-electron chi connectivity index (χ3n) is 3.70. The summed E-state index contributed by atoms with van der Waals surface area (Å²) >= 11 is 1.53. The highest BCUT2D eigenvalue weighted by molar-refractivity contribution is 7.99. The van der Waals surface area contributed by atoms with Crippen molar-refractivity contribution >= 4 is 17.7 Å². The Morgan fingerprint density at radius 1 is 1.09 bits per heavy atom. The second-order valence-electron chi connectivity index (χ2n) is 5.25. The molecule has 0 saturated carbocycles. The molecule has 1 atom stereocenters. The Bertz CT molecular complexity index is 861. The summed E-state index contributed by atoms with van der Waals surface area (Å²) in [4.78, 5) is 16.8. The standard InChI is InChI=1S/C17H12FN3OS/c18-13-8-6-12(7-9-13)16-19-17-21(20-16)15(22)10-14(23-17)11-4-2-1-3-5-11/h1-9,14H,10H2/t14-/m0/s1. The number of rotatable bonds is 2. The number of aromatic nitrogens is 3. The van der Waals surface area contributed by atoms with Crippen molar-refractivity contribution in [2.45, 2.75) is 16.8 Å². The third-order valence-corrected chi connectivity index (χ3v) is 4.89. The molecule has 0 fully saturated rings. The van der Waals surface area contributed by atoms with Crippen molar-refractivity contribution in [1.29, 1.82) is 0 Å². The van der Waals surface area contributed by atoms with Gasteiger partial charge in [0, 0.05) is 17.2 Å². The fraction of sp³-hybridized carbons (Fsp3) is 0.118. The molecule has 3 aromatic rings. The SMILES string of the molecule is O=C1C[C@@H](c2ccccc2)Sc2nc(-c3ccc(F)cc3)nn21. The minimum atomic E-state index is -0.313.